The minimum absolute atomic E-state index is 0.114. The maximum absolute atomic E-state index is 12.5. The molecule has 0 radical (unpaired) electrons. The van der Waals surface area contributed by atoms with Crippen LogP contribution in [0.5, 0.6) is 5.75 Å². The second-order valence-electron chi connectivity index (χ2n) is 5.85. The van der Waals surface area contributed by atoms with Crippen molar-refractivity contribution in [2.24, 2.45) is 0 Å². The number of aromatic nitrogens is 2. The fourth-order valence-electron chi connectivity index (χ4n) is 2.55. The summed E-state index contributed by atoms with van der Waals surface area (Å²) in [5.74, 6) is -0.675. The summed E-state index contributed by atoms with van der Waals surface area (Å²) >= 11 is 0. The Morgan fingerprint density at radius 2 is 1.89 bits per heavy atom. The fourth-order valence-corrected chi connectivity index (χ4v) is 2.55. The fraction of sp³-hybridized carbons (Fsp3) is 0.211. The van der Waals surface area contributed by atoms with Crippen LogP contribution in [0.1, 0.15) is 29.3 Å². The molecule has 0 saturated carbocycles. The van der Waals surface area contributed by atoms with Crippen LogP contribution in [0.3, 0.4) is 0 Å². The Hall–Kier alpha value is -3.36. The van der Waals surface area contributed by atoms with Crippen molar-refractivity contribution in [3.05, 3.63) is 59.7 Å². The number of nitrogens with zero attached hydrogens (tertiary/aromatic N) is 2. The standard InChI is InChI=1S/C19H16F3N3O3/c1-2-6-13-11-14(9-10-15(13)28-19(20,21)22)16(26)23-18-25-24-17(27-18)12-7-4-3-5-8-12/h3-5,7-11H,2,6H2,1H3,(H,23,25,26). The Morgan fingerprint density at radius 3 is 2.57 bits per heavy atom. The Morgan fingerprint density at radius 1 is 1.14 bits per heavy atom. The number of hydrogen-bond acceptors (Lipinski definition) is 5. The van der Waals surface area contributed by atoms with E-state index in [0.29, 0.717) is 18.4 Å². The van der Waals surface area contributed by atoms with E-state index in [2.05, 4.69) is 20.3 Å². The van der Waals surface area contributed by atoms with Crippen molar-refractivity contribution in [1.29, 1.82) is 0 Å². The van der Waals surface area contributed by atoms with Gasteiger partial charge in [-0.25, -0.2) is 0 Å². The van der Waals surface area contributed by atoms with Gasteiger partial charge in [-0.15, -0.1) is 18.3 Å². The zero-order chi connectivity index (χ0) is 20.1. The number of anilines is 1. The van der Waals surface area contributed by atoms with E-state index in [-0.39, 0.29) is 28.8 Å². The van der Waals surface area contributed by atoms with Gasteiger partial charge in [0, 0.05) is 11.1 Å². The average Bonchev–Trinajstić information content (AvgIpc) is 3.11. The lowest BCUT2D eigenvalue weighted by Gasteiger charge is -2.14. The monoisotopic (exact) mass is 391 g/mol. The van der Waals surface area contributed by atoms with E-state index in [1.54, 1.807) is 24.3 Å². The van der Waals surface area contributed by atoms with Gasteiger partial charge in [-0.3, -0.25) is 10.1 Å². The first-order valence-electron chi connectivity index (χ1n) is 8.44. The summed E-state index contributed by atoms with van der Waals surface area (Å²) in [7, 11) is 0. The molecule has 3 rings (SSSR count). The molecular formula is C19H16F3N3O3. The number of hydrogen-bond donors (Lipinski definition) is 1. The quantitative estimate of drug-likeness (QED) is 0.651. The van der Waals surface area contributed by atoms with Gasteiger partial charge in [-0.1, -0.05) is 36.6 Å². The molecule has 3 aromatic rings. The van der Waals surface area contributed by atoms with Crippen LogP contribution in [0.25, 0.3) is 11.5 Å². The number of rotatable bonds is 6. The van der Waals surface area contributed by atoms with Gasteiger partial charge >= 0.3 is 12.4 Å². The highest BCUT2D eigenvalue weighted by Crippen LogP contribution is 2.28. The van der Waals surface area contributed by atoms with Crippen molar-refractivity contribution in [3.63, 3.8) is 0 Å². The largest absolute Gasteiger partial charge is 0.573 e. The minimum Gasteiger partial charge on any atom is -0.406 e. The van der Waals surface area contributed by atoms with Gasteiger partial charge in [0.05, 0.1) is 0 Å². The first-order chi connectivity index (χ1) is 13.4. The molecule has 0 unspecified atom stereocenters. The molecule has 0 atom stereocenters. The van der Waals surface area contributed by atoms with Crippen LogP contribution in [0.4, 0.5) is 19.2 Å². The van der Waals surface area contributed by atoms with Crippen molar-refractivity contribution < 1.29 is 27.1 Å². The summed E-state index contributed by atoms with van der Waals surface area (Å²) in [4.78, 5) is 12.4. The molecular weight excluding hydrogens is 375 g/mol. The van der Waals surface area contributed by atoms with E-state index < -0.39 is 12.3 Å². The van der Waals surface area contributed by atoms with Crippen LogP contribution in [-0.2, 0) is 6.42 Å². The molecule has 0 fully saturated rings. The highest BCUT2D eigenvalue weighted by atomic mass is 19.4. The van der Waals surface area contributed by atoms with E-state index >= 15 is 0 Å². The third-order valence-electron chi connectivity index (χ3n) is 3.73. The van der Waals surface area contributed by atoms with Crippen molar-refractivity contribution in [2.75, 3.05) is 5.32 Å². The van der Waals surface area contributed by atoms with Crippen molar-refractivity contribution in [3.8, 4) is 17.2 Å². The second kappa shape index (κ2) is 8.12. The van der Waals surface area contributed by atoms with Gasteiger partial charge in [0.2, 0.25) is 5.89 Å². The molecule has 0 aliphatic rings. The number of ether oxygens (including phenoxy) is 1. The van der Waals surface area contributed by atoms with Gasteiger partial charge in [0.25, 0.3) is 5.91 Å². The van der Waals surface area contributed by atoms with Gasteiger partial charge in [0.15, 0.2) is 0 Å². The highest BCUT2D eigenvalue weighted by molar-refractivity contribution is 6.03. The Labute approximate surface area is 158 Å². The van der Waals surface area contributed by atoms with Gasteiger partial charge in [-0.2, -0.15) is 0 Å². The second-order valence-corrected chi connectivity index (χ2v) is 5.85. The summed E-state index contributed by atoms with van der Waals surface area (Å²) in [6.45, 7) is 1.81. The third kappa shape index (κ3) is 4.87. The summed E-state index contributed by atoms with van der Waals surface area (Å²) in [5, 5.41) is 10.1. The maximum atomic E-state index is 12.5. The van der Waals surface area contributed by atoms with Crippen molar-refractivity contribution >= 4 is 11.9 Å². The lowest BCUT2D eigenvalue weighted by molar-refractivity contribution is -0.274. The number of aryl methyl sites for hydroxylation is 1. The zero-order valence-corrected chi connectivity index (χ0v) is 14.8. The number of carbonyl (C=O) groups is 1. The molecule has 1 amide bonds. The van der Waals surface area contributed by atoms with Crippen LogP contribution in [0.15, 0.2) is 52.9 Å². The van der Waals surface area contributed by atoms with E-state index in [9.17, 15) is 18.0 Å². The number of benzene rings is 2. The Balaban J connectivity index is 1.77. The molecule has 9 heteroatoms. The molecule has 2 aromatic carbocycles. The molecule has 1 N–H and O–H groups in total. The molecule has 1 aromatic heterocycles. The van der Waals surface area contributed by atoms with Crippen LogP contribution in [0, 0.1) is 0 Å². The highest BCUT2D eigenvalue weighted by Gasteiger charge is 2.32. The third-order valence-corrected chi connectivity index (χ3v) is 3.73. The molecule has 6 nitrogen and oxygen atoms in total. The number of amides is 1. The maximum Gasteiger partial charge on any atom is 0.573 e. The molecule has 1 heterocycles. The lowest BCUT2D eigenvalue weighted by atomic mass is 10.0. The van der Waals surface area contributed by atoms with Gasteiger partial charge < -0.3 is 9.15 Å². The smallest absolute Gasteiger partial charge is 0.406 e. The summed E-state index contributed by atoms with van der Waals surface area (Å²) < 4.78 is 47.0. The van der Waals surface area contributed by atoms with E-state index in [1.165, 1.54) is 12.1 Å². The number of nitrogens with one attached hydrogen (secondary N) is 1. The van der Waals surface area contributed by atoms with Gasteiger partial charge in [-0.05, 0) is 42.3 Å². The zero-order valence-electron chi connectivity index (χ0n) is 14.8. The van der Waals surface area contributed by atoms with Crippen LogP contribution in [0.2, 0.25) is 0 Å². The topological polar surface area (TPSA) is 77.3 Å². The van der Waals surface area contributed by atoms with Crippen molar-refractivity contribution in [2.45, 2.75) is 26.1 Å². The Bertz CT molecular complexity index is 956. The molecule has 146 valence electrons. The summed E-state index contributed by atoms with van der Waals surface area (Å²) in [6.07, 6.45) is -3.89. The average molecular weight is 391 g/mol. The molecule has 28 heavy (non-hydrogen) atoms. The molecule has 0 aliphatic carbocycles. The van der Waals surface area contributed by atoms with Crippen LogP contribution < -0.4 is 10.1 Å². The summed E-state index contributed by atoms with van der Waals surface area (Å²) in [5.41, 5.74) is 1.12. The first kappa shape index (κ1) is 19.4. The lowest BCUT2D eigenvalue weighted by Crippen LogP contribution is -2.19. The van der Waals surface area contributed by atoms with Crippen LogP contribution in [-0.4, -0.2) is 22.5 Å². The van der Waals surface area contributed by atoms with Crippen LogP contribution >= 0.6 is 0 Å². The number of carbonyl (C=O) groups excluding carboxylic acids is 1. The number of alkyl halides is 3. The minimum atomic E-state index is -4.80. The number of halogens is 3. The molecule has 0 aliphatic heterocycles. The molecule has 0 bridgehead atoms. The predicted molar refractivity (Wildman–Crippen MR) is 94.8 cm³/mol. The van der Waals surface area contributed by atoms with Crippen molar-refractivity contribution in [1.82, 2.24) is 10.2 Å². The normalized spacial score (nSPS) is 11.3. The van der Waals surface area contributed by atoms with Gasteiger partial charge in [0.1, 0.15) is 5.75 Å². The van der Waals surface area contributed by atoms with E-state index in [0.717, 1.165) is 6.07 Å². The first-order valence-corrected chi connectivity index (χ1v) is 8.44. The summed E-state index contributed by atoms with van der Waals surface area (Å²) in [6, 6.07) is 12.6. The Kier molecular flexibility index (Phi) is 5.62. The SMILES string of the molecule is CCCc1cc(C(=O)Nc2nnc(-c3ccccc3)o2)ccc1OC(F)(F)F. The van der Waals surface area contributed by atoms with E-state index in [1.807, 2.05) is 13.0 Å². The van der Waals surface area contributed by atoms with E-state index in [4.69, 9.17) is 4.42 Å². The molecule has 0 spiro atoms. The predicted octanol–water partition coefficient (Wildman–Crippen LogP) is 4.84. The molecule has 0 saturated heterocycles.